The van der Waals surface area contributed by atoms with E-state index in [1.54, 1.807) is 12.4 Å². The predicted molar refractivity (Wildman–Crippen MR) is 96.1 cm³/mol. The van der Waals surface area contributed by atoms with Crippen LogP contribution in [0.3, 0.4) is 0 Å². The van der Waals surface area contributed by atoms with Crippen molar-refractivity contribution in [1.82, 2.24) is 25.7 Å². The number of likely N-dealkylation sites (tertiary alicyclic amines) is 1. The second-order valence-electron chi connectivity index (χ2n) is 7.14. The van der Waals surface area contributed by atoms with E-state index in [9.17, 15) is 4.79 Å². The molecule has 0 saturated carbocycles. The highest BCUT2D eigenvalue weighted by Crippen LogP contribution is 2.32. The number of rotatable bonds is 3. The van der Waals surface area contributed by atoms with Gasteiger partial charge in [0.1, 0.15) is 0 Å². The molecule has 2 atom stereocenters. The van der Waals surface area contributed by atoms with Crippen LogP contribution in [-0.2, 0) is 0 Å². The van der Waals surface area contributed by atoms with Crippen LogP contribution in [0.5, 0.6) is 0 Å². The van der Waals surface area contributed by atoms with E-state index in [1.807, 2.05) is 4.90 Å². The number of imidazole rings is 1. The van der Waals surface area contributed by atoms with Gasteiger partial charge >= 0.3 is 0 Å². The Hall–Kier alpha value is -2.18. The average molecular weight is 339 g/mol. The van der Waals surface area contributed by atoms with Crippen LogP contribution in [0, 0.1) is 12.8 Å². The van der Waals surface area contributed by atoms with E-state index >= 15 is 0 Å². The number of hydrogen-bond acceptors (Lipinski definition) is 4. The van der Waals surface area contributed by atoms with Crippen molar-refractivity contribution in [3.8, 4) is 0 Å². The van der Waals surface area contributed by atoms with Crippen LogP contribution in [0.1, 0.15) is 40.5 Å². The Labute approximate surface area is 148 Å². The fourth-order valence-electron chi connectivity index (χ4n) is 4.18. The maximum Gasteiger partial charge on any atom is 0.289 e. The zero-order valence-corrected chi connectivity index (χ0v) is 14.5. The van der Waals surface area contributed by atoms with Crippen LogP contribution in [0.15, 0.2) is 36.7 Å². The van der Waals surface area contributed by atoms with Crippen molar-refractivity contribution in [3.63, 3.8) is 0 Å². The molecule has 2 fully saturated rings. The predicted octanol–water partition coefficient (Wildman–Crippen LogP) is 1.83. The number of carbonyl (C=O) groups excluding carboxylic acids is 1. The second-order valence-corrected chi connectivity index (χ2v) is 7.14. The van der Waals surface area contributed by atoms with Crippen LogP contribution >= 0.6 is 0 Å². The lowest BCUT2D eigenvalue weighted by Crippen LogP contribution is -2.46. The molecule has 1 aromatic carbocycles. The van der Waals surface area contributed by atoms with E-state index in [2.05, 4.69) is 52.0 Å². The average Bonchev–Trinajstić information content (AvgIpc) is 3.33. The highest BCUT2D eigenvalue weighted by molar-refractivity contribution is 5.90. The minimum Gasteiger partial charge on any atom is -0.341 e. The molecular formula is C19H25N5O. The first-order chi connectivity index (χ1) is 12.2. The summed E-state index contributed by atoms with van der Waals surface area (Å²) in [4.78, 5) is 21.3. The molecule has 3 heterocycles. The normalized spacial score (nSPS) is 24.6. The van der Waals surface area contributed by atoms with Crippen molar-refractivity contribution >= 4 is 5.91 Å². The molecule has 0 radical (unpaired) electrons. The summed E-state index contributed by atoms with van der Waals surface area (Å²) in [5, 5.41) is 0. The molecule has 6 heteroatoms. The summed E-state index contributed by atoms with van der Waals surface area (Å²) in [5.74, 6) is 1.51. The van der Waals surface area contributed by atoms with Gasteiger partial charge in [-0.2, -0.15) is 0 Å². The van der Waals surface area contributed by atoms with Gasteiger partial charge in [-0.15, -0.1) is 0 Å². The first-order valence-electron chi connectivity index (χ1n) is 9.06. The van der Waals surface area contributed by atoms with Crippen molar-refractivity contribution in [1.29, 1.82) is 0 Å². The van der Waals surface area contributed by atoms with Gasteiger partial charge in [-0.1, -0.05) is 29.8 Å². The number of piperidine rings is 1. The molecular weight excluding hydrogens is 314 g/mol. The third kappa shape index (κ3) is 3.32. The molecule has 4 rings (SSSR count). The summed E-state index contributed by atoms with van der Waals surface area (Å²) in [6, 6.07) is 9.23. The van der Waals surface area contributed by atoms with Crippen molar-refractivity contribution in [2.75, 3.05) is 19.6 Å². The topological polar surface area (TPSA) is 73.0 Å². The summed E-state index contributed by atoms with van der Waals surface area (Å²) < 4.78 is 0. The van der Waals surface area contributed by atoms with Gasteiger partial charge in [0.05, 0.1) is 0 Å². The number of aromatic amines is 1. The van der Waals surface area contributed by atoms with Crippen LogP contribution in [0.4, 0.5) is 0 Å². The lowest BCUT2D eigenvalue weighted by Gasteiger charge is -2.36. The van der Waals surface area contributed by atoms with Crippen molar-refractivity contribution in [2.45, 2.75) is 31.7 Å². The molecule has 0 spiro atoms. The number of nitrogens with zero attached hydrogens (tertiary/aromatic N) is 2. The molecule has 1 amide bonds. The van der Waals surface area contributed by atoms with Gasteiger partial charge in [0.2, 0.25) is 0 Å². The zero-order valence-electron chi connectivity index (χ0n) is 14.5. The summed E-state index contributed by atoms with van der Waals surface area (Å²) >= 11 is 0. The van der Waals surface area contributed by atoms with Gasteiger partial charge in [-0.3, -0.25) is 15.6 Å². The maximum atomic E-state index is 12.4. The number of amides is 1. The molecule has 2 aromatic rings. The number of aromatic nitrogens is 2. The summed E-state index contributed by atoms with van der Waals surface area (Å²) in [5.41, 5.74) is 9.55. The van der Waals surface area contributed by atoms with Crippen LogP contribution in [0.2, 0.25) is 0 Å². The third-order valence-corrected chi connectivity index (χ3v) is 5.53. The van der Waals surface area contributed by atoms with E-state index < -0.39 is 0 Å². The Kier molecular flexibility index (Phi) is 4.55. The quantitative estimate of drug-likeness (QED) is 0.798. The van der Waals surface area contributed by atoms with E-state index in [0.717, 1.165) is 32.5 Å². The standard InChI is InChI=1S/C19H25N5O/c1-13-3-2-4-15(11-13)16-12-22-23-17(16)14-5-9-24(10-6-14)19(25)18-20-7-8-21-18/h2-4,7-8,11,14,16-17,22-23H,5-6,9-10,12H2,1H3,(H,20,21). The van der Waals surface area contributed by atoms with Crippen molar-refractivity contribution in [2.24, 2.45) is 5.92 Å². The lowest BCUT2D eigenvalue weighted by molar-refractivity contribution is 0.0659. The molecule has 2 aliphatic heterocycles. The van der Waals surface area contributed by atoms with E-state index in [4.69, 9.17) is 0 Å². The minimum atomic E-state index is 0.0104. The second kappa shape index (κ2) is 6.98. The van der Waals surface area contributed by atoms with Gasteiger partial charge in [-0.25, -0.2) is 4.98 Å². The number of nitrogens with one attached hydrogen (secondary N) is 3. The molecule has 1 aromatic heterocycles. The summed E-state index contributed by atoms with van der Waals surface area (Å²) in [7, 11) is 0. The number of benzene rings is 1. The van der Waals surface area contributed by atoms with Crippen LogP contribution in [-0.4, -0.2) is 46.5 Å². The summed E-state index contributed by atoms with van der Waals surface area (Å²) in [6.07, 6.45) is 5.36. The lowest BCUT2D eigenvalue weighted by atomic mass is 9.80. The van der Waals surface area contributed by atoms with Gasteiger partial charge in [-0.05, 0) is 31.2 Å². The van der Waals surface area contributed by atoms with Gasteiger partial charge in [0.25, 0.3) is 5.91 Å². The van der Waals surface area contributed by atoms with Crippen molar-refractivity contribution in [3.05, 3.63) is 53.6 Å². The van der Waals surface area contributed by atoms with Gasteiger partial charge < -0.3 is 9.88 Å². The smallest absolute Gasteiger partial charge is 0.289 e. The molecule has 3 N–H and O–H groups in total. The first kappa shape index (κ1) is 16.3. The van der Waals surface area contributed by atoms with E-state index in [1.165, 1.54) is 11.1 Å². The molecule has 25 heavy (non-hydrogen) atoms. The molecule has 6 nitrogen and oxygen atoms in total. The number of H-pyrrole nitrogens is 1. The highest BCUT2D eigenvalue weighted by atomic mass is 16.2. The molecule has 2 unspecified atom stereocenters. The van der Waals surface area contributed by atoms with E-state index in [0.29, 0.717) is 23.7 Å². The maximum absolute atomic E-state index is 12.4. The Morgan fingerprint density at radius 1 is 1.28 bits per heavy atom. The molecule has 0 aliphatic carbocycles. The Balaban J connectivity index is 1.41. The fraction of sp³-hybridized carbons (Fsp3) is 0.474. The zero-order chi connectivity index (χ0) is 17.2. The van der Waals surface area contributed by atoms with Gasteiger partial charge in [0, 0.05) is 44.0 Å². The Morgan fingerprint density at radius 2 is 2.12 bits per heavy atom. The minimum absolute atomic E-state index is 0.0104. The monoisotopic (exact) mass is 339 g/mol. The molecule has 2 saturated heterocycles. The van der Waals surface area contributed by atoms with E-state index in [-0.39, 0.29) is 5.91 Å². The van der Waals surface area contributed by atoms with Gasteiger partial charge in [0.15, 0.2) is 5.82 Å². The summed E-state index contributed by atoms with van der Waals surface area (Å²) in [6.45, 7) is 4.69. The third-order valence-electron chi connectivity index (χ3n) is 5.53. The van der Waals surface area contributed by atoms with Crippen molar-refractivity contribution < 1.29 is 4.79 Å². The largest absolute Gasteiger partial charge is 0.341 e. The number of hydrogen-bond donors (Lipinski definition) is 3. The molecule has 132 valence electrons. The number of carbonyl (C=O) groups is 1. The number of aryl methyl sites for hydroxylation is 1. The van der Waals surface area contributed by atoms with Crippen LogP contribution in [0.25, 0.3) is 0 Å². The highest BCUT2D eigenvalue weighted by Gasteiger charge is 2.37. The fourth-order valence-corrected chi connectivity index (χ4v) is 4.18. The number of hydrazine groups is 1. The Morgan fingerprint density at radius 3 is 2.84 bits per heavy atom. The molecule has 0 bridgehead atoms. The Bertz CT molecular complexity index is 721. The van der Waals surface area contributed by atoms with Crippen LogP contribution < -0.4 is 10.9 Å². The first-order valence-corrected chi connectivity index (χ1v) is 9.06. The SMILES string of the molecule is Cc1cccc(C2CNNC2C2CCN(C(=O)c3ncc[nH]3)CC2)c1. The molecule has 2 aliphatic rings.